The molecular formula is C59H118N16. The van der Waals surface area contributed by atoms with Crippen LogP contribution >= 0.6 is 0 Å². The molecule has 0 radical (unpaired) electrons. The van der Waals surface area contributed by atoms with Crippen molar-refractivity contribution in [3.05, 3.63) is 72.7 Å². The summed E-state index contributed by atoms with van der Waals surface area (Å²) in [5.74, 6) is 1.48. The zero-order valence-electron chi connectivity index (χ0n) is 49.5. The summed E-state index contributed by atoms with van der Waals surface area (Å²) in [6.45, 7) is 53.5. The molecule has 434 valence electrons. The van der Waals surface area contributed by atoms with Gasteiger partial charge in [0.15, 0.2) is 11.3 Å². The number of nitrogens with zero attached hydrogens (tertiary/aromatic N) is 9. The topological polar surface area (TPSA) is 212 Å². The summed E-state index contributed by atoms with van der Waals surface area (Å²) >= 11 is 0. The van der Waals surface area contributed by atoms with E-state index < -0.39 is 0 Å². The summed E-state index contributed by atoms with van der Waals surface area (Å²) in [7, 11) is 0. The Labute approximate surface area is 460 Å². The van der Waals surface area contributed by atoms with E-state index in [0.29, 0.717) is 28.8 Å². The Morgan fingerprint density at radius 1 is 0.533 bits per heavy atom. The first-order valence-electron chi connectivity index (χ1n) is 26.4. The molecule has 7 aromatic rings. The van der Waals surface area contributed by atoms with E-state index in [1.54, 1.807) is 24.8 Å². The molecule has 1 unspecified atom stereocenters. The van der Waals surface area contributed by atoms with Crippen LogP contribution in [0, 0.1) is 0 Å². The molecule has 75 heavy (non-hydrogen) atoms. The molecule has 7 heterocycles. The van der Waals surface area contributed by atoms with E-state index in [9.17, 15) is 0 Å². The lowest BCUT2D eigenvalue weighted by Gasteiger charge is -2.31. The van der Waals surface area contributed by atoms with Crippen molar-refractivity contribution in [3.8, 4) is 0 Å². The van der Waals surface area contributed by atoms with Gasteiger partial charge in [-0.05, 0) is 132 Å². The van der Waals surface area contributed by atoms with Crippen LogP contribution in [-0.2, 0) is 12.8 Å². The summed E-state index contributed by atoms with van der Waals surface area (Å²) in [5, 5.41) is 31.3. The van der Waals surface area contributed by atoms with Gasteiger partial charge in [0.2, 0.25) is 11.3 Å². The Balaban J connectivity index is -0.000000150. The van der Waals surface area contributed by atoms with Gasteiger partial charge in [0.05, 0.1) is 30.5 Å². The molecule has 16 heteroatoms. The molecule has 0 saturated heterocycles. The Bertz CT molecular complexity index is 2230. The molecule has 1 aliphatic carbocycles. The number of aromatic nitrogens is 12. The molecule has 1 aliphatic rings. The lowest BCUT2D eigenvalue weighted by molar-refractivity contribution is 0.335. The molecule has 0 aliphatic heterocycles. The van der Waals surface area contributed by atoms with Gasteiger partial charge in [-0.1, -0.05) is 127 Å². The average molecular weight is 1050 g/mol. The highest BCUT2D eigenvalue weighted by atomic mass is 15.4. The van der Waals surface area contributed by atoms with Crippen LogP contribution in [0.2, 0.25) is 0 Å². The predicted octanol–water partition coefficient (Wildman–Crippen LogP) is 17.3. The van der Waals surface area contributed by atoms with Crippen LogP contribution in [0.4, 0.5) is 17.3 Å². The van der Waals surface area contributed by atoms with Gasteiger partial charge < -0.3 is 26.3 Å². The second kappa shape index (κ2) is 44.5. The number of hydrogen-bond acceptors (Lipinski definition) is 13. The third kappa shape index (κ3) is 36.0. The first kappa shape index (κ1) is 83.2. The monoisotopic (exact) mass is 1050 g/mol. The third-order valence-electron chi connectivity index (χ3n) is 7.96. The van der Waals surface area contributed by atoms with Gasteiger partial charge in [0.1, 0.15) is 17.2 Å². The maximum atomic E-state index is 4.35. The summed E-state index contributed by atoms with van der Waals surface area (Å²) in [6, 6.07) is 8.87. The van der Waals surface area contributed by atoms with Crippen LogP contribution < -0.4 is 21.3 Å². The van der Waals surface area contributed by atoms with E-state index in [2.05, 4.69) is 183 Å². The van der Waals surface area contributed by atoms with Crippen LogP contribution in [0.15, 0.2) is 61.4 Å². The Morgan fingerprint density at radius 3 is 1.57 bits per heavy atom. The van der Waals surface area contributed by atoms with Gasteiger partial charge in [-0.2, -0.15) is 10.3 Å². The summed E-state index contributed by atoms with van der Waals surface area (Å²) in [4.78, 5) is 28.7. The number of aromatic amines is 3. The normalized spacial score (nSPS) is 11.5. The first-order valence-corrected chi connectivity index (χ1v) is 26.4. The first-order chi connectivity index (χ1) is 33.7. The van der Waals surface area contributed by atoms with Crippen molar-refractivity contribution < 1.29 is 0 Å². The molecule has 0 saturated carbocycles. The molecule has 0 fully saturated rings. The standard InChI is InChI=1S/C12H15N3.C12H20N2.C9H13N5.C8H12N6.7C2H6.4CH4/c1-12(2,3)15-10-7-9-5-4-6-13-11(9)14-8-10;1-12(2,3)14-10-4-5-11-9(8-10)6-7-13-11;1-9(2,3)13-7-5-10-8-6(12-7)4-11-14-8;1-8(2,3)11-5-4-9-6-7(10-5)13-14-12-6;7*1-2;;;;/h4-8,15H,1-3H3;6-7,10,13-14H,4-5,8H2,1-3H3;4-5H,1-3H3,(H,12,13)(H,10,11,14);4H,1-3H3,(H2,9,10,11,12,13,14);7*1-2H3;4*1H4. The zero-order valence-corrected chi connectivity index (χ0v) is 49.5. The van der Waals surface area contributed by atoms with Crippen LogP contribution in [0.25, 0.3) is 33.5 Å². The van der Waals surface area contributed by atoms with Gasteiger partial charge in [0.25, 0.3) is 0 Å². The van der Waals surface area contributed by atoms with Crippen molar-refractivity contribution in [3.63, 3.8) is 0 Å². The van der Waals surface area contributed by atoms with Crippen molar-refractivity contribution in [2.45, 2.75) is 257 Å². The fraction of sp³-hybridized carbons (Fsp3) is 0.644. The summed E-state index contributed by atoms with van der Waals surface area (Å²) in [5.41, 5.74) is 7.55. The van der Waals surface area contributed by atoms with Crippen molar-refractivity contribution in [2.24, 2.45) is 0 Å². The zero-order chi connectivity index (χ0) is 55.4. The Kier molecular flexibility index (Phi) is 49.4. The highest BCUT2D eigenvalue weighted by molar-refractivity contribution is 5.78. The van der Waals surface area contributed by atoms with E-state index >= 15 is 0 Å². The molecule has 0 spiro atoms. The number of rotatable bonds is 4. The predicted molar refractivity (Wildman–Crippen MR) is 337 cm³/mol. The Morgan fingerprint density at radius 2 is 1.04 bits per heavy atom. The Hall–Kier alpha value is -5.77. The lowest BCUT2D eigenvalue weighted by atomic mass is 9.91. The minimum Gasteiger partial charge on any atom is -0.379 e. The van der Waals surface area contributed by atoms with Gasteiger partial charge >= 0.3 is 0 Å². The van der Waals surface area contributed by atoms with Gasteiger partial charge in [0, 0.05) is 51.7 Å². The molecule has 0 bridgehead atoms. The largest absolute Gasteiger partial charge is 0.379 e. The van der Waals surface area contributed by atoms with E-state index in [1.165, 1.54) is 30.5 Å². The van der Waals surface area contributed by atoms with Gasteiger partial charge in [-0.15, -0.1) is 10.2 Å². The molecule has 7 aromatic heterocycles. The fourth-order valence-corrected chi connectivity index (χ4v) is 6.02. The maximum absolute atomic E-state index is 4.35. The number of H-pyrrole nitrogens is 3. The van der Waals surface area contributed by atoms with Crippen LogP contribution in [0.5, 0.6) is 0 Å². The molecule has 16 nitrogen and oxygen atoms in total. The highest BCUT2D eigenvalue weighted by Crippen LogP contribution is 2.22. The van der Waals surface area contributed by atoms with Crippen LogP contribution in [0.3, 0.4) is 0 Å². The summed E-state index contributed by atoms with van der Waals surface area (Å²) in [6.07, 6.45) is 14.3. The number of hydrogen-bond donors (Lipinski definition) is 7. The highest BCUT2D eigenvalue weighted by Gasteiger charge is 2.23. The molecule has 8 rings (SSSR count). The second-order valence-electron chi connectivity index (χ2n) is 18.3. The van der Waals surface area contributed by atoms with E-state index in [0.717, 1.165) is 28.1 Å². The number of anilines is 3. The van der Waals surface area contributed by atoms with E-state index in [4.69, 9.17) is 0 Å². The van der Waals surface area contributed by atoms with Crippen LogP contribution in [-0.4, -0.2) is 88.7 Å². The number of nitrogens with one attached hydrogen (secondary N) is 7. The van der Waals surface area contributed by atoms with Crippen molar-refractivity contribution in [1.29, 1.82) is 0 Å². The maximum Gasteiger partial charge on any atom is 0.222 e. The molecule has 1 atom stereocenters. The number of aryl methyl sites for hydroxylation is 1. The average Bonchev–Trinajstić information content (AvgIpc) is 4.14. The summed E-state index contributed by atoms with van der Waals surface area (Å²) < 4.78 is 0. The van der Waals surface area contributed by atoms with Gasteiger partial charge in [-0.25, -0.2) is 29.9 Å². The van der Waals surface area contributed by atoms with Crippen LogP contribution in [0.1, 0.15) is 227 Å². The van der Waals surface area contributed by atoms with Crippen molar-refractivity contribution >= 4 is 50.8 Å². The van der Waals surface area contributed by atoms with Crippen molar-refractivity contribution in [1.82, 2.24) is 65.8 Å². The van der Waals surface area contributed by atoms with E-state index in [-0.39, 0.29) is 51.9 Å². The third-order valence-corrected chi connectivity index (χ3v) is 7.96. The quantitative estimate of drug-likeness (QED) is 0.0876. The fourth-order valence-electron chi connectivity index (χ4n) is 6.02. The number of fused-ring (bicyclic) bond motifs is 4. The minimum absolute atomic E-state index is 0. The second-order valence-corrected chi connectivity index (χ2v) is 18.3. The molecule has 0 amide bonds. The lowest BCUT2D eigenvalue weighted by Crippen LogP contribution is -2.46. The molecular weight excluding hydrogens is 933 g/mol. The van der Waals surface area contributed by atoms with Gasteiger partial charge in [-0.3, -0.25) is 5.10 Å². The minimum atomic E-state index is -0.0356. The molecule has 7 N–H and O–H groups in total. The van der Waals surface area contributed by atoms with Crippen molar-refractivity contribution in [2.75, 3.05) is 16.0 Å². The SMILES string of the molecule is C.C.C.C.CC.CC.CC.CC.CC.CC.CC.CC(C)(C)NC1CCc2[nH]ccc2C1.CC(C)(C)Nc1cnc2[nH]ncc2n1.CC(C)(C)Nc1cnc2n[nH]nc2n1.CC(C)(C)Nc1cnc2ncccc2c1. The van der Waals surface area contributed by atoms with E-state index in [1.807, 2.05) is 115 Å². The molecule has 0 aromatic carbocycles. The smallest absolute Gasteiger partial charge is 0.222 e. The number of pyridine rings is 2.